The molecule has 0 aliphatic carbocycles. The van der Waals surface area contributed by atoms with Crippen LogP contribution in [0.15, 0.2) is 57.9 Å². The molecule has 0 aliphatic rings. The van der Waals surface area contributed by atoms with Crippen molar-refractivity contribution in [3.05, 3.63) is 70.3 Å². The van der Waals surface area contributed by atoms with Crippen LogP contribution in [-0.2, 0) is 7.05 Å². The maximum Gasteiger partial charge on any atom is 0.202 e. The molecule has 0 atom stereocenters. The zero-order chi connectivity index (χ0) is 17.3. The minimum Gasteiger partial charge on any atom is -0.455 e. The number of hydrogen-bond donors (Lipinski definition) is 0. The molecule has 0 amide bonds. The maximum absolute atomic E-state index is 13.7. The first-order valence-electron chi connectivity index (χ1n) is 8.08. The predicted octanol–water partition coefficient (Wildman–Crippen LogP) is 5.04. The molecule has 0 N–H and O–H groups in total. The topological polar surface area (TPSA) is 35.1 Å². The van der Waals surface area contributed by atoms with Crippen molar-refractivity contribution in [2.45, 2.75) is 6.92 Å². The number of aromatic nitrogens is 1. The first kappa shape index (κ1) is 14.2. The van der Waals surface area contributed by atoms with Gasteiger partial charge >= 0.3 is 0 Å². The number of aryl methyl sites for hydroxylation is 2. The van der Waals surface area contributed by atoms with Gasteiger partial charge in [0.15, 0.2) is 0 Å². The van der Waals surface area contributed by atoms with E-state index in [1.165, 1.54) is 18.2 Å². The lowest BCUT2D eigenvalue weighted by Gasteiger charge is -2.10. The number of hydrogen-bond acceptors (Lipinski definition) is 2. The maximum atomic E-state index is 13.7. The molecule has 3 nitrogen and oxygen atoms in total. The molecular formula is C21H14FNO2. The van der Waals surface area contributed by atoms with Crippen molar-refractivity contribution in [1.29, 1.82) is 0 Å². The van der Waals surface area contributed by atoms with E-state index in [2.05, 4.69) is 6.07 Å². The third-order valence-electron chi connectivity index (χ3n) is 4.87. The highest BCUT2D eigenvalue weighted by atomic mass is 19.1. The first-order chi connectivity index (χ1) is 12.0. The zero-order valence-electron chi connectivity index (χ0n) is 13.8. The average Bonchev–Trinajstić information content (AvgIpc) is 2.97. The summed E-state index contributed by atoms with van der Waals surface area (Å²) in [6, 6.07) is 12.2. The largest absolute Gasteiger partial charge is 0.455 e. The molecule has 5 rings (SSSR count). The summed E-state index contributed by atoms with van der Waals surface area (Å²) in [5.41, 5.74) is 2.70. The molecule has 0 spiro atoms. The van der Waals surface area contributed by atoms with Crippen molar-refractivity contribution in [2.75, 3.05) is 0 Å². The third kappa shape index (κ3) is 1.82. The van der Waals surface area contributed by atoms with Crippen molar-refractivity contribution in [3.8, 4) is 0 Å². The van der Waals surface area contributed by atoms with Gasteiger partial charge in [0, 0.05) is 24.0 Å². The van der Waals surface area contributed by atoms with Gasteiger partial charge in [0.05, 0.1) is 16.3 Å². The molecule has 0 bridgehead atoms. The Morgan fingerprint density at radius 2 is 1.80 bits per heavy atom. The molecular weight excluding hydrogens is 317 g/mol. The van der Waals surface area contributed by atoms with Gasteiger partial charge in [-0.15, -0.1) is 0 Å². The Morgan fingerprint density at radius 3 is 2.64 bits per heavy atom. The summed E-state index contributed by atoms with van der Waals surface area (Å²) < 4.78 is 21.7. The fourth-order valence-electron chi connectivity index (χ4n) is 3.71. The smallest absolute Gasteiger partial charge is 0.202 e. The predicted molar refractivity (Wildman–Crippen MR) is 98.7 cm³/mol. The van der Waals surface area contributed by atoms with Gasteiger partial charge in [-0.2, -0.15) is 0 Å². The second kappa shape index (κ2) is 4.70. The number of fused-ring (bicyclic) bond motifs is 7. The van der Waals surface area contributed by atoms with Crippen molar-refractivity contribution in [2.24, 2.45) is 7.05 Å². The minimum atomic E-state index is -0.446. The third-order valence-corrected chi connectivity index (χ3v) is 4.87. The molecule has 5 aromatic rings. The Morgan fingerprint density at radius 1 is 0.960 bits per heavy atom. The van der Waals surface area contributed by atoms with Gasteiger partial charge in [-0.05, 0) is 36.6 Å². The van der Waals surface area contributed by atoms with Crippen LogP contribution in [0.4, 0.5) is 4.39 Å². The first-order valence-corrected chi connectivity index (χ1v) is 8.08. The Kier molecular flexibility index (Phi) is 2.67. The molecule has 0 fully saturated rings. The highest BCUT2D eigenvalue weighted by Gasteiger charge is 2.18. The van der Waals surface area contributed by atoms with Gasteiger partial charge < -0.3 is 8.98 Å². The molecule has 0 saturated carbocycles. The zero-order valence-corrected chi connectivity index (χ0v) is 13.8. The van der Waals surface area contributed by atoms with Gasteiger partial charge in [0.1, 0.15) is 17.0 Å². The molecule has 4 heteroatoms. The Hall–Kier alpha value is -3.14. The normalized spacial score (nSPS) is 12.0. The van der Waals surface area contributed by atoms with Crippen LogP contribution in [0.2, 0.25) is 0 Å². The fourth-order valence-corrected chi connectivity index (χ4v) is 3.71. The molecule has 122 valence electrons. The van der Waals surface area contributed by atoms with Crippen LogP contribution in [0, 0.1) is 12.7 Å². The van der Waals surface area contributed by atoms with Crippen LogP contribution >= 0.6 is 0 Å². The summed E-state index contributed by atoms with van der Waals surface area (Å²) in [4.78, 5) is 13.2. The Bertz CT molecular complexity index is 1390. The number of halogens is 1. The van der Waals surface area contributed by atoms with Crippen LogP contribution in [0.1, 0.15) is 5.56 Å². The molecule has 0 unspecified atom stereocenters. The average molecular weight is 331 g/mol. The SMILES string of the molecule is Cc1ccc2c(c1)c1ccn(C)c1c1c(=O)c3cc(F)ccc3oc21. The summed E-state index contributed by atoms with van der Waals surface area (Å²) in [6.07, 6.45) is 1.93. The van der Waals surface area contributed by atoms with Gasteiger partial charge in [0.2, 0.25) is 5.43 Å². The lowest BCUT2D eigenvalue weighted by atomic mass is 9.99. The van der Waals surface area contributed by atoms with Crippen LogP contribution in [-0.4, -0.2) is 4.57 Å². The second-order valence-electron chi connectivity index (χ2n) is 6.51. The highest BCUT2D eigenvalue weighted by Crippen LogP contribution is 2.35. The number of rotatable bonds is 0. The van der Waals surface area contributed by atoms with E-state index < -0.39 is 5.82 Å². The van der Waals surface area contributed by atoms with E-state index in [0.29, 0.717) is 16.6 Å². The number of benzene rings is 3. The molecule has 25 heavy (non-hydrogen) atoms. The van der Waals surface area contributed by atoms with Crippen molar-refractivity contribution in [1.82, 2.24) is 4.57 Å². The van der Waals surface area contributed by atoms with E-state index in [4.69, 9.17) is 4.42 Å². The molecule has 2 heterocycles. The van der Waals surface area contributed by atoms with Crippen molar-refractivity contribution in [3.63, 3.8) is 0 Å². The monoisotopic (exact) mass is 331 g/mol. The van der Waals surface area contributed by atoms with Crippen molar-refractivity contribution < 1.29 is 8.81 Å². The van der Waals surface area contributed by atoms with Gasteiger partial charge in [0.25, 0.3) is 0 Å². The minimum absolute atomic E-state index is 0.204. The lowest BCUT2D eigenvalue weighted by Crippen LogP contribution is -2.05. The van der Waals surface area contributed by atoms with Gasteiger partial charge in [-0.1, -0.05) is 23.8 Å². The van der Waals surface area contributed by atoms with Gasteiger partial charge in [-0.3, -0.25) is 4.79 Å². The lowest BCUT2D eigenvalue weighted by molar-refractivity contribution is 0.624. The van der Waals surface area contributed by atoms with E-state index in [9.17, 15) is 9.18 Å². The summed E-state index contributed by atoms with van der Waals surface area (Å²) in [6.45, 7) is 2.04. The van der Waals surface area contributed by atoms with Crippen molar-refractivity contribution >= 4 is 43.6 Å². The van der Waals surface area contributed by atoms with E-state index in [1.807, 2.05) is 42.9 Å². The molecule has 0 aliphatic heterocycles. The van der Waals surface area contributed by atoms with E-state index in [0.717, 1.165) is 27.2 Å². The second-order valence-corrected chi connectivity index (χ2v) is 6.51. The van der Waals surface area contributed by atoms with Crippen LogP contribution in [0.5, 0.6) is 0 Å². The summed E-state index contributed by atoms with van der Waals surface area (Å²) in [5.74, 6) is -0.446. The Balaban J connectivity index is 2.20. The van der Waals surface area contributed by atoms with Gasteiger partial charge in [-0.25, -0.2) is 4.39 Å². The molecule has 3 aromatic carbocycles. The summed E-state index contributed by atoms with van der Waals surface area (Å²) in [7, 11) is 1.90. The quantitative estimate of drug-likeness (QED) is 0.294. The highest BCUT2D eigenvalue weighted by molar-refractivity contribution is 6.23. The van der Waals surface area contributed by atoms with E-state index in [1.54, 1.807) is 0 Å². The van der Waals surface area contributed by atoms with E-state index >= 15 is 0 Å². The summed E-state index contributed by atoms with van der Waals surface area (Å²) in [5, 5.41) is 3.70. The molecule has 0 saturated heterocycles. The number of nitrogens with zero attached hydrogens (tertiary/aromatic N) is 1. The molecule has 0 radical (unpaired) electrons. The molecule has 2 aromatic heterocycles. The van der Waals surface area contributed by atoms with Crippen LogP contribution < -0.4 is 5.43 Å². The fraction of sp³-hybridized carbons (Fsp3) is 0.0952. The Labute approximate surface area is 141 Å². The van der Waals surface area contributed by atoms with Crippen LogP contribution in [0.25, 0.3) is 43.6 Å². The van der Waals surface area contributed by atoms with Crippen LogP contribution in [0.3, 0.4) is 0 Å². The van der Waals surface area contributed by atoms with E-state index in [-0.39, 0.29) is 10.8 Å². The standard InChI is InChI=1S/C21H14FNO2/c1-11-3-5-14-15(9-11)13-7-8-23(2)19(13)18-20(24)16-10-12(22)4-6-17(16)25-21(14)18/h3-10H,1-2H3. The summed E-state index contributed by atoms with van der Waals surface area (Å²) >= 11 is 0.